The Balaban J connectivity index is 2.71. The van der Waals surface area contributed by atoms with Crippen LogP contribution in [0.4, 0.5) is 4.39 Å². The van der Waals surface area contributed by atoms with Crippen molar-refractivity contribution in [1.82, 2.24) is 0 Å². The Hall–Kier alpha value is -0.180. The van der Waals surface area contributed by atoms with Crippen molar-refractivity contribution < 1.29 is 4.39 Å². The van der Waals surface area contributed by atoms with E-state index >= 15 is 0 Å². The summed E-state index contributed by atoms with van der Waals surface area (Å²) in [5, 5.41) is 0.664. The minimum atomic E-state index is -0.792. The maximum Gasteiger partial charge on any atom is 0.133 e. The predicted octanol–water partition coefficient (Wildman–Crippen LogP) is 1.26. The molecule has 0 amide bonds. The summed E-state index contributed by atoms with van der Waals surface area (Å²) >= 11 is 1.40. The lowest BCUT2D eigenvalue weighted by Gasteiger charge is -1.93. The van der Waals surface area contributed by atoms with Gasteiger partial charge in [-0.05, 0) is 12.5 Å². The first-order valence-corrected chi connectivity index (χ1v) is 3.43. The molecule has 1 aliphatic rings. The zero-order valence-electron chi connectivity index (χ0n) is 4.65. The molecule has 1 unspecified atom stereocenters. The van der Waals surface area contributed by atoms with Crippen molar-refractivity contribution in [3.05, 3.63) is 10.6 Å². The van der Waals surface area contributed by atoms with Gasteiger partial charge in [-0.1, -0.05) is 0 Å². The van der Waals surface area contributed by atoms with Crippen molar-refractivity contribution in [3.8, 4) is 0 Å². The third-order valence-corrected chi connectivity index (χ3v) is 2.34. The monoisotopic (exact) mass is 133 g/mol. The maximum absolute atomic E-state index is 12.4. The van der Waals surface area contributed by atoms with E-state index in [1.165, 1.54) is 11.8 Å². The second kappa shape index (κ2) is 1.97. The molecule has 0 radical (unpaired) electrons. The van der Waals surface area contributed by atoms with Gasteiger partial charge < -0.3 is 5.73 Å². The van der Waals surface area contributed by atoms with Gasteiger partial charge in [-0.2, -0.15) is 0 Å². The minimum Gasteiger partial charge on any atom is -0.393 e. The van der Waals surface area contributed by atoms with E-state index in [4.69, 9.17) is 5.73 Å². The molecule has 0 fully saturated rings. The largest absolute Gasteiger partial charge is 0.393 e. The van der Waals surface area contributed by atoms with Gasteiger partial charge in [-0.15, -0.1) is 11.8 Å². The number of rotatable bonds is 0. The molecule has 1 aliphatic heterocycles. The first kappa shape index (κ1) is 5.95. The smallest absolute Gasteiger partial charge is 0.133 e. The van der Waals surface area contributed by atoms with Gasteiger partial charge in [0, 0.05) is 5.75 Å². The van der Waals surface area contributed by atoms with E-state index in [-0.39, 0.29) is 0 Å². The van der Waals surface area contributed by atoms with E-state index in [0.29, 0.717) is 16.4 Å². The SMILES string of the molecule is CC1=C(N)SCC1F. The Morgan fingerprint density at radius 1 is 1.88 bits per heavy atom. The normalized spacial score (nSPS) is 29.5. The average Bonchev–Trinajstić information content (AvgIpc) is 1.98. The molecule has 46 valence electrons. The molecule has 1 atom stereocenters. The van der Waals surface area contributed by atoms with E-state index in [0.717, 1.165) is 0 Å². The van der Waals surface area contributed by atoms with E-state index in [9.17, 15) is 4.39 Å². The second-order valence-electron chi connectivity index (χ2n) is 1.83. The minimum absolute atomic E-state index is 0.512. The van der Waals surface area contributed by atoms with Gasteiger partial charge in [0.05, 0.1) is 5.03 Å². The van der Waals surface area contributed by atoms with Crippen molar-refractivity contribution in [2.75, 3.05) is 5.75 Å². The fourth-order valence-corrected chi connectivity index (χ4v) is 1.49. The molecule has 1 rings (SSSR count). The molecule has 1 heterocycles. The van der Waals surface area contributed by atoms with Gasteiger partial charge in [0.2, 0.25) is 0 Å². The molecule has 8 heavy (non-hydrogen) atoms. The molecule has 0 saturated heterocycles. The third kappa shape index (κ3) is 0.823. The van der Waals surface area contributed by atoms with Crippen molar-refractivity contribution in [2.45, 2.75) is 13.1 Å². The first-order valence-electron chi connectivity index (χ1n) is 2.45. The Morgan fingerprint density at radius 3 is 2.62 bits per heavy atom. The van der Waals surface area contributed by atoms with Crippen LogP contribution >= 0.6 is 11.8 Å². The Bertz CT molecular complexity index is 132. The number of allylic oxidation sites excluding steroid dienone is 1. The van der Waals surface area contributed by atoms with Crippen LogP contribution in [0.1, 0.15) is 6.92 Å². The summed E-state index contributed by atoms with van der Waals surface area (Å²) in [7, 11) is 0. The van der Waals surface area contributed by atoms with Crippen LogP contribution in [-0.2, 0) is 0 Å². The lowest BCUT2D eigenvalue weighted by atomic mass is 10.2. The first-order chi connectivity index (χ1) is 3.72. The summed E-state index contributed by atoms with van der Waals surface area (Å²) < 4.78 is 12.4. The number of alkyl halides is 1. The molecule has 0 aromatic heterocycles. The molecule has 0 aromatic carbocycles. The zero-order valence-corrected chi connectivity index (χ0v) is 5.46. The van der Waals surface area contributed by atoms with Crippen LogP contribution < -0.4 is 5.73 Å². The van der Waals surface area contributed by atoms with Crippen LogP contribution in [0.15, 0.2) is 10.6 Å². The predicted molar refractivity (Wildman–Crippen MR) is 34.2 cm³/mol. The highest BCUT2D eigenvalue weighted by Crippen LogP contribution is 2.28. The highest BCUT2D eigenvalue weighted by atomic mass is 32.2. The molecule has 0 aromatic rings. The Morgan fingerprint density at radius 2 is 2.50 bits per heavy atom. The lowest BCUT2D eigenvalue weighted by Crippen LogP contribution is -1.99. The van der Waals surface area contributed by atoms with Crippen LogP contribution in [0.2, 0.25) is 0 Å². The molecule has 0 spiro atoms. The zero-order chi connectivity index (χ0) is 6.15. The third-order valence-electron chi connectivity index (χ3n) is 1.24. The number of nitrogens with two attached hydrogens (primary N) is 1. The molecule has 0 saturated carbocycles. The highest BCUT2D eigenvalue weighted by Gasteiger charge is 2.19. The average molecular weight is 133 g/mol. The fourth-order valence-electron chi connectivity index (χ4n) is 0.556. The summed E-state index contributed by atoms with van der Waals surface area (Å²) in [5.41, 5.74) is 6.07. The molecule has 0 bridgehead atoms. The second-order valence-corrected chi connectivity index (χ2v) is 2.89. The Labute approximate surface area is 52.1 Å². The number of halogens is 1. The van der Waals surface area contributed by atoms with Crippen molar-refractivity contribution in [3.63, 3.8) is 0 Å². The van der Waals surface area contributed by atoms with Crippen molar-refractivity contribution in [1.29, 1.82) is 0 Å². The van der Waals surface area contributed by atoms with Gasteiger partial charge in [-0.25, -0.2) is 4.39 Å². The van der Waals surface area contributed by atoms with Gasteiger partial charge in [0.15, 0.2) is 0 Å². The maximum atomic E-state index is 12.4. The summed E-state index contributed by atoms with van der Waals surface area (Å²) in [6, 6.07) is 0. The quantitative estimate of drug-likeness (QED) is 0.538. The summed E-state index contributed by atoms with van der Waals surface area (Å²) in [6.07, 6.45) is -0.792. The summed E-state index contributed by atoms with van der Waals surface area (Å²) in [5.74, 6) is 0.512. The summed E-state index contributed by atoms with van der Waals surface area (Å²) in [4.78, 5) is 0. The lowest BCUT2D eigenvalue weighted by molar-refractivity contribution is 0.421. The molecule has 3 heteroatoms. The molecule has 0 aliphatic carbocycles. The number of hydrogen-bond donors (Lipinski definition) is 1. The van der Waals surface area contributed by atoms with Crippen LogP contribution in [0.25, 0.3) is 0 Å². The van der Waals surface area contributed by atoms with Crippen molar-refractivity contribution in [2.24, 2.45) is 5.73 Å². The molecule has 1 nitrogen and oxygen atoms in total. The van der Waals surface area contributed by atoms with E-state index < -0.39 is 6.17 Å². The Kier molecular flexibility index (Phi) is 1.47. The molecule has 2 N–H and O–H groups in total. The van der Waals surface area contributed by atoms with Crippen molar-refractivity contribution >= 4 is 11.8 Å². The fraction of sp³-hybridized carbons (Fsp3) is 0.600. The van der Waals surface area contributed by atoms with E-state index in [1.54, 1.807) is 6.92 Å². The van der Waals surface area contributed by atoms with Crippen LogP contribution in [-0.4, -0.2) is 11.9 Å². The van der Waals surface area contributed by atoms with Gasteiger partial charge in [0.25, 0.3) is 0 Å². The summed E-state index contributed by atoms with van der Waals surface area (Å²) in [6.45, 7) is 1.74. The number of hydrogen-bond acceptors (Lipinski definition) is 2. The molecular formula is C5H8FNS. The van der Waals surface area contributed by atoms with E-state index in [2.05, 4.69) is 0 Å². The highest BCUT2D eigenvalue weighted by molar-refractivity contribution is 8.03. The topological polar surface area (TPSA) is 26.0 Å². The van der Waals surface area contributed by atoms with Gasteiger partial charge in [-0.3, -0.25) is 0 Å². The molecular weight excluding hydrogens is 125 g/mol. The van der Waals surface area contributed by atoms with Crippen LogP contribution in [0.5, 0.6) is 0 Å². The van der Waals surface area contributed by atoms with E-state index in [1.807, 2.05) is 0 Å². The van der Waals surface area contributed by atoms with Crippen LogP contribution in [0, 0.1) is 0 Å². The van der Waals surface area contributed by atoms with Gasteiger partial charge >= 0.3 is 0 Å². The standard InChI is InChI=1S/C5H8FNS/c1-3-4(6)2-8-5(3)7/h4H,2,7H2,1H3. The van der Waals surface area contributed by atoms with Crippen LogP contribution in [0.3, 0.4) is 0 Å². The van der Waals surface area contributed by atoms with Gasteiger partial charge in [0.1, 0.15) is 6.17 Å². The number of thioether (sulfide) groups is 1.